The van der Waals surface area contributed by atoms with Crippen LogP contribution in [0.5, 0.6) is 0 Å². The summed E-state index contributed by atoms with van der Waals surface area (Å²) in [4.78, 5) is 14.4. The van der Waals surface area contributed by atoms with Gasteiger partial charge in [-0.05, 0) is 44.3 Å². The number of hydrogen-bond acceptors (Lipinski definition) is 3. The number of allylic oxidation sites excluding steroid dienone is 3. The van der Waals surface area contributed by atoms with Crippen molar-refractivity contribution >= 4 is 5.91 Å². The van der Waals surface area contributed by atoms with E-state index in [0.717, 1.165) is 32.4 Å². The van der Waals surface area contributed by atoms with Gasteiger partial charge in [-0.15, -0.1) is 0 Å². The predicted octanol–water partition coefficient (Wildman–Crippen LogP) is 2.08. The van der Waals surface area contributed by atoms with Crippen molar-refractivity contribution in [3.63, 3.8) is 0 Å². The molecule has 4 nitrogen and oxygen atoms in total. The van der Waals surface area contributed by atoms with Gasteiger partial charge in [0.1, 0.15) is 0 Å². The van der Waals surface area contributed by atoms with Crippen molar-refractivity contribution < 1.29 is 9.53 Å². The second-order valence-corrected chi connectivity index (χ2v) is 5.65. The molecule has 1 saturated heterocycles. The summed E-state index contributed by atoms with van der Waals surface area (Å²) in [5.41, 5.74) is 2.87. The Morgan fingerprint density at radius 2 is 2.20 bits per heavy atom. The van der Waals surface area contributed by atoms with Crippen LogP contribution in [0.25, 0.3) is 0 Å². The summed E-state index contributed by atoms with van der Waals surface area (Å²) in [6.45, 7) is 5.39. The lowest BCUT2D eigenvalue weighted by molar-refractivity contribution is -0.126. The lowest BCUT2D eigenvalue weighted by atomic mass is 9.94. The topological polar surface area (TPSA) is 41.6 Å². The number of nitrogens with one attached hydrogen (secondary N) is 1. The minimum absolute atomic E-state index is 0.164. The van der Waals surface area contributed by atoms with Gasteiger partial charge in [0, 0.05) is 38.4 Å². The fourth-order valence-corrected chi connectivity index (χ4v) is 2.94. The summed E-state index contributed by atoms with van der Waals surface area (Å²) in [5.74, 6) is 0.350. The molecule has 0 radical (unpaired) electrons. The number of carbonyl (C=O) groups excluding carboxylic acids is 1. The molecular formula is C16H26N2O2. The molecule has 0 unspecified atom stereocenters. The van der Waals surface area contributed by atoms with Crippen LogP contribution in [0.15, 0.2) is 23.4 Å². The van der Waals surface area contributed by atoms with Gasteiger partial charge in [0.05, 0.1) is 6.61 Å². The first-order valence-electron chi connectivity index (χ1n) is 7.60. The zero-order valence-electron chi connectivity index (χ0n) is 12.7. The monoisotopic (exact) mass is 278 g/mol. The van der Waals surface area contributed by atoms with Crippen molar-refractivity contribution in [2.24, 2.45) is 5.92 Å². The molecular weight excluding hydrogens is 252 g/mol. The molecule has 112 valence electrons. The Labute approximate surface area is 121 Å². The van der Waals surface area contributed by atoms with Crippen LogP contribution in [0, 0.1) is 5.92 Å². The highest BCUT2D eigenvalue weighted by Gasteiger charge is 2.26. The highest BCUT2D eigenvalue weighted by Crippen LogP contribution is 2.26. The molecule has 1 amide bonds. The number of piperidine rings is 1. The first kappa shape index (κ1) is 15.1. The molecule has 0 aromatic rings. The van der Waals surface area contributed by atoms with Gasteiger partial charge in [-0.3, -0.25) is 4.79 Å². The quantitative estimate of drug-likeness (QED) is 0.783. The predicted molar refractivity (Wildman–Crippen MR) is 80.3 cm³/mol. The number of ether oxygens (including phenoxy) is 1. The van der Waals surface area contributed by atoms with E-state index in [4.69, 9.17) is 4.74 Å². The molecule has 1 aliphatic carbocycles. The summed E-state index contributed by atoms with van der Waals surface area (Å²) in [6.07, 6.45) is 8.73. The zero-order chi connectivity index (χ0) is 14.4. The van der Waals surface area contributed by atoms with E-state index in [0.29, 0.717) is 13.2 Å². The molecule has 0 bridgehead atoms. The van der Waals surface area contributed by atoms with Crippen LogP contribution < -0.4 is 5.32 Å². The summed E-state index contributed by atoms with van der Waals surface area (Å²) >= 11 is 0. The van der Waals surface area contributed by atoms with E-state index >= 15 is 0 Å². The van der Waals surface area contributed by atoms with Crippen LogP contribution in [0.3, 0.4) is 0 Å². The molecule has 0 atom stereocenters. The number of hydrogen-bond donors (Lipinski definition) is 1. The highest BCUT2D eigenvalue weighted by molar-refractivity contribution is 5.78. The maximum atomic E-state index is 12.0. The van der Waals surface area contributed by atoms with Crippen molar-refractivity contribution in [2.75, 3.05) is 33.4 Å². The SMILES string of the molecule is COCCNC(=O)C1CCN(C2=C(C)CCC=C2)CC1. The van der Waals surface area contributed by atoms with E-state index in [-0.39, 0.29) is 11.8 Å². The third-order valence-electron chi connectivity index (χ3n) is 4.21. The standard InChI is InChI=1S/C16H26N2O2/c1-13-5-3-4-6-15(13)18-10-7-14(8-11-18)16(19)17-9-12-20-2/h4,6,14H,3,5,7-12H2,1-2H3,(H,17,19). The number of likely N-dealkylation sites (tertiary alicyclic amines) is 1. The van der Waals surface area contributed by atoms with Crippen molar-refractivity contribution in [1.29, 1.82) is 0 Å². The van der Waals surface area contributed by atoms with E-state index in [2.05, 4.69) is 29.3 Å². The Bertz CT molecular complexity index is 393. The second kappa shape index (κ2) is 7.48. The lowest BCUT2D eigenvalue weighted by Crippen LogP contribution is -2.41. The number of nitrogens with zero attached hydrogens (tertiary/aromatic N) is 1. The molecule has 0 spiro atoms. The molecule has 2 rings (SSSR count). The summed E-state index contributed by atoms with van der Waals surface area (Å²) < 4.78 is 4.95. The van der Waals surface area contributed by atoms with E-state index in [1.807, 2.05) is 0 Å². The Morgan fingerprint density at radius 1 is 1.45 bits per heavy atom. The van der Waals surface area contributed by atoms with Crippen molar-refractivity contribution in [3.05, 3.63) is 23.4 Å². The van der Waals surface area contributed by atoms with Gasteiger partial charge >= 0.3 is 0 Å². The van der Waals surface area contributed by atoms with Crippen LogP contribution in [0.2, 0.25) is 0 Å². The molecule has 1 heterocycles. The Balaban J connectivity index is 1.80. The van der Waals surface area contributed by atoms with Gasteiger partial charge in [0.15, 0.2) is 0 Å². The van der Waals surface area contributed by atoms with Gasteiger partial charge in [0.25, 0.3) is 0 Å². The molecule has 0 aromatic heterocycles. The van der Waals surface area contributed by atoms with E-state index in [1.165, 1.54) is 17.7 Å². The maximum Gasteiger partial charge on any atom is 0.223 e. The minimum atomic E-state index is 0.164. The third kappa shape index (κ3) is 3.85. The Hall–Kier alpha value is -1.29. The van der Waals surface area contributed by atoms with Crippen LogP contribution in [0.1, 0.15) is 32.6 Å². The molecule has 0 aromatic carbocycles. The van der Waals surface area contributed by atoms with Crippen LogP contribution in [-0.4, -0.2) is 44.2 Å². The number of carbonyl (C=O) groups is 1. The van der Waals surface area contributed by atoms with E-state index < -0.39 is 0 Å². The van der Waals surface area contributed by atoms with Crippen LogP contribution >= 0.6 is 0 Å². The van der Waals surface area contributed by atoms with Crippen LogP contribution in [-0.2, 0) is 9.53 Å². The average molecular weight is 278 g/mol. The van der Waals surface area contributed by atoms with Crippen molar-refractivity contribution in [2.45, 2.75) is 32.6 Å². The fraction of sp³-hybridized carbons (Fsp3) is 0.688. The minimum Gasteiger partial charge on any atom is -0.383 e. The van der Waals surface area contributed by atoms with Gasteiger partial charge < -0.3 is 15.0 Å². The average Bonchev–Trinajstić information content (AvgIpc) is 2.48. The Kier molecular flexibility index (Phi) is 5.65. The van der Waals surface area contributed by atoms with Gasteiger partial charge in [-0.25, -0.2) is 0 Å². The number of amides is 1. The molecule has 1 N–H and O–H groups in total. The Morgan fingerprint density at radius 3 is 2.85 bits per heavy atom. The third-order valence-corrected chi connectivity index (χ3v) is 4.21. The molecule has 20 heavy (non-hydrogen) atoms. The number of methoxy groups -OCH3 is 1. The smallest absolute Gasteiger partial charge is 0.223 e. The van der Waals surface area contributed by atoms with Crippen molar-refractivity contribution in [3.8, 4) is 0 Å². The summed E-state index contributed by atoms with van der Waals surface area (Å²) in [6, 6.07) is 0. The number of rotatable bonds is 5. The first-order chi connectivity index (χ1) is 9.72. The van der Waals surface area contributed by atoms with Crippen molar-refractivity contribution in [1.82, 2.24) is 10.2 Å². The summed E-state index contributed by atoms with van der Waals surface area (Å²) in [5, 5.41) is 2.95. The maximum absolute atomic E-state index is 12.0. The van der Waals surface area contributed by atoms with E-state index in [9.17, 15) is 4.79 Å². The first-order valence-corrected chi connectivity index (χ1v) is 7.60. The summed E-state index contributed by atoms with van der Waals surface area (Å²) in [7, 11) is 1.65. The second-order valence-electron chi connectivity index (χ2n) is 5.65. The van der Waals surface area contributed by atoms with Gasteiger partial charge in [-0.2, -0.15) is 0 Å². The van der Waals surface area contributed by atoms with Crippen LogP contribution in [0.4, 0.5) is 0 Å². The molecule has 1 fully saturated rings. The van der Waals surface area contributed by atoms with Gasteiger partial charge in [-0.1, -0.05) is 6.08 Å². The normalized spacial score (nSPS) is 20.4. The zero-order valence-corrected chi connectivity index (χ0v) is 12.7. The highest BCUT2D eigenvalue weighted by atomic mass is 16.5. The molecule has 1 aliphatic heterocycles. The largest absolute Gasteiger partial charge is 0.383 e. The molecule has 0 saturated carbocycles. The van der Waals surface area contributed by atoms with Gasteiger partial charge in [0.2, 0.25) is 5.91 Å². The lowest BCUT2D eigenvalue weighted by Gasteiger charge is -2.35. The fourth-order valence-electron chi connectivity index (χ4n) is 2.94. The van der Waals surface area contributed by atoms with E-state index in [1.54, 1.807) is 7.11 Å². The molecule has 2 aliphatic rings. The molecule has 4 heteroatoms.